The van der Waals surface area contributed by atoms with E-state index >= 15 is 0 Å². The molecule has 1 atom stereocenters. The molecule has 0 aromatic heterocycles. The summed E-state index contributed by atoms with van der Waals surface area (Å²) in [5.41, 5.74) is 2.54. The molecule has 0 aliphatic heterocycles. The van der Waals surface area contributed by atoms with Crippen molar-refractivity contribution in [1.82, 2.24) is 0 Å². The van der Waals surface area contributed by atoms with Crippen LogP contribution in [-0.2, 0) is 21.5 Å². The van der Waals surface area contributed by atoms with E-state index in [9.17, 15) is 9.35 Å². The molecule has 0 saturated heterocycles. The smallest absolute Gasteiger partial charge is 0.337 e. The Morgan fingerprint density at radius 1 is 1.56 bits per heavy atom. The normalized spacial score (nSPS) is 12.2. The van der Waals surface area contributed by atoms with Gasteiger partial charge in [0.25, 0.3) is 0 Å². The van der Waals surface area contributed by atoms with E-state index < -0.39 is 10.4 Å². The van der Waals surface area contributed by atoms with Gasteiger partial charge in [-0.25, -0.2) is 4.79 Å². The van der Waals surface area contributed by atoms with Crippen molar-refractivity contribution in [2.75, 3.05) is 12.9 Å². The fraction of sp³-hybridized carbons (Fsp3) is 0.364. The van der Waals surface area contributed by atoms with Crippen LogP contribution >= 0.6 is 10.7 Å². The molecular weight excluding hydrogens is 248 g/mol. The van der Waals surface area contributed by atoms with Crippen LogP contribution in [0.4, 0.5) is 0 Å². The molecule has 0 fully saturated rings. The summed E-state index contributed by atoms with van der Waals surface area (Å²) in [5, 5.41) is 0. The van der Waals surface area contributed by atoms with Crippen molar-refractivity contribution in [2.45, 2.75) is 13.3 Å². The maximum absolute atomic E-state index is 11.3. The molecule has 0 bridgehead atoms. The lowest BCUT2D eigenvalue weighted by Crippen LogP contribution is -2.05. The molecule has 0 aliphatic carbocycles. The Bertz CT molecular complexity index is 379. The lowest BCUT2D eigenvalue weighted by atomic mass is 10.0. The van der Waals surface area contributed by atoms with Gasteiger partial charge in [0.1, 0.15) is 5.75 Å². The third-order valence-electron chi connectivity index (χ3n) is 2.30. The first-order valence-corrected chi connectivity index (χ1v) is 6.91. The van der Waals surface area contributed by atoms with Crippen LogP contribution in [0, 0.1) is 6.92 Å². The number of aryl methyl sites for hydroxylation is 2. The number of hydrogen-bond donors (Lipinski definition) is 0. The van der Waals surface area contributed by atoms with Crippen LogP contribution in [0.1, 0.15) is 21.5 Å². The second kappa shape index (κ2) is 6.13. The van der Waals surface area contributed by atoms with Gasteiger partial charge in [-0.2, -0.15) is 0 Å². The zero-order valence-corrected chi connectivity index (χ0v) is 10.7. The number of methoxy groups -OCH3 is 1. The first-order chi connectivity index (χ1) is 7.54. The summed E-state index contributed by atoms with van der Waals surface area (Å²) >= 11 is 0. The van der Waals surface area contributed by atoms with E-state index in [0.29, 0.717) is 17.7 Å². The molecule has 88 valence electrons. The molecule has 0 unspecified atom stereocenters. The molecule has 0 aliphatic rings. The summed E-state index contributed by atoms with van der Waals surface area (Å²) in [4.78, 5) is 11.3. The first kappa shape index (κ1) is 13.4. The molecule has 1 rings (SSSR count). The van der Waals surface area contributed by atoms with E-state index in [4.69, 9.17) is 10.7 Å². The second-order valence-corrected chi connectivity index (χ2v) is 5.40. The van der Waals surface area contributed by atoms with Crippen LogP contribution in [0.5, 0.6) is 0 Å². The summed E-state index contributed by atoms with van der Waals surface area (Å²) in [6.07, 6.45) is 0.642. The zero-order valence-electron chi connectivity index (χ0n) is 9.16. The average Bonchev–Trinajstić information content (AvgIpc) is 2.26. The molecule has 3 nitrogen and oxygen atoms in total. The molecule has 0 saturated carbocycles. The van der Waals surface area contributed by atoms with Crippen LogP contribution in [0.25, 0.3) is 0 Å². The number of carbonyl (C=O) groups is 1. The van der Waals surface area contributed by atoms with Crippen molar-refractivity contribution in [3.8, 4) is 0 Å². The molecule has 0 heterocycles. The third-order valence-corrected chi connectivity index (χ3v) is 3.28. The Hall–Kier alpha value is -0.710. The number of halogens is 1. The van der Waals surface area contributed by atoms with E-state index in [0.717, 1.165) is 11.1 Å². The number of carbonyl (C=O) groups excluding carboxylic acids is 1. The van der Waals surface area contributed by atoms with Crippen LogP contribution in [0.3, 0.4) is 0 Å². The molecule has 0 amide bonds. The Morgan fingerprint density at radius 3 is 2.75 bits per heavy atom. The number of hydrogen-bond acceptors (Lipinski definition) is 3. The van der Waals surface area contributed by atoms with Crippen molar-refractivity contribution in [3.63, 3.8) is 0 Å². The predicted molar refractivity (Wildman–Crippen MR) is 65.1 cm³/mol. The van der Waals surface area contributed by atoms with Gasteiger partial charge in [0.2, 0.25) is 0 Å². The highest BCUT2D eigenvalue weighted by Crippen LogP contribution is 2.14. The quantitative estimate of drug-likeness (QED) is 0.616. The van der Waals surface area contributed by atoms with Crippen LogP contribution in [-0.4, -0.2) is 23.4 Å². The summed E-state index contributed by atoms with van der Waals surface area (Å²) in [6, 6.07) is 5.30. The largest absolute Gasteiger partial charge is 0.599 e. The maximum Gasteiger partial charge on any atom is 0.337 e. The molecule has 1 aromatic rings. The van der Waals surface area contributed by atoms with Crippen molar-refractivity contribution in [3.05, 3.63) is 34.9 Å². The molecule has 16 heavy (non-hydrogen) atoms. The number of rotatable bonds is 4. The lowest BCUT2D eigenvalue weighted by molar-refractivity contribution is 0.0600. The summed E-state index contributed by atoms with van der Waals surface area (Å²) in [5.74, 6) is 0.0653. The maximum atomic E-state index is 11.3. The number of ether oxygens (including phenoxy) is 1. The molecular formula is C11H13ClO3S. The summed E-state index contributed by atoms with van der Waals surface area (Å²) < 4.78 is 15.4. The van der Waals surface area contributed by atoms with Gasteiger partial charge >= 0.3 is 5.97 Å². The summed E-state index contributed by atoms with van der Waals surface area (Å²) in [6.45, 7) is 1.90. The lowest BCUT2D eigenvalue weighted by Gasteiger charge is -2.07. The van der Waals surface area contributed by atoms with Gasteiger partial charge in [-0.15, -0.1) is 0 Å². The minimum atomic E-state index is -1.31. The van der Waals surface area contributed by atoms with Crippen molar-refractivity contribution in [1.29, 1.82) is 0 Å². The predicted octanol–water partition coefficient (Wildman–Crippen LogP) is 2.23. The van der Waals surface area contributed by atoms with E-state index in [-0.39, 0.29) is 5.97 Å². The first-order valence-electron chi connectivity index (χ1n) is 4.77. The minimum Gasteiger partial charge on any atom is -0.599 e. The molecule has 0 radical (unpaired) electrons. The average molecular weight is 261 g/mol. The highest BCUT2D eigenvalue weighted by molar-refractivity contribution is 8.13. The van der Waals surface area contributed by atoms with Gasteiger partial charge in [-0.1, -0.05) is 6.07 Å². The Kier molecular flexibility index (Phi) is 5.12. The third kappa shape index (κ3) is 3.70. The van der Waals surface area contributed by atoms with Crippen LogP contribution < -0.4 is 0 Å². The van der Waals surface area contributed by atoms with E-state index in [1.807, 2.05) is 13.0 Å². The van der Waals surface area contributed by atoms with Gasteiger partial charge in [-0.3, -0.25) is 0 Å². The van der Waals surface area contributed by atoms with Crippen molar-refractivity contribution < 1.29 is 14.1 Å². The van der Waals surface area contributed by atoms with Gasteiger partial charge in [0, 0.05) is 6.42 Å². The second-order valence-electron chi connectivity index (χ2n) is 3.38. The highest BCUT2D eigenvalue weighted by Gasteiger charge is 2.09. The fourth-order valence-electron chi connectivity index (χ4n) is 1.41. The zero-order chi connectivity index (χ0) is 12.1. The van der Waals surface area contributed by atoms with Gasteiger partial charge in [0.05, 0.1) is 23.1 Å². The molecule has 5 heteroatoms. The van der Waals surface area contributed by atoms with Crippen LogP contribution in [0.2, 0.25) is 0 Å². The van der Waals surface area contributed by atoms with Crippen molar-refractivity contribution in [2.24, 2.45) is 0 Å². The fourth-order valence-corrected chi connectivity index (χ4v) is 2.02. The summed E-state index contributed by atoms with van der Waals surface area (Å²) in [7, 11) is 5.42. The van der Waals surface area contributed by atoms with Crippen molar-refractivity contribution >= 4 is 27.0 Å². The highest BCUT2D eigenvalue weighted by atomic mass is 35.7. The van der Waals surface area contributed by atoms with E-state index in [2.05, 4.69) is 4.74 Å². The number of esters is 1. The molecule has 0 N–H and O–H groups in total. The number of benzene rings is 1. The standard InChI is InChI=1S/C11H13ClO3S/c1-8-7-10(11(13)15-2)4-3-9(8)5-6-16(12)14/h3-4,7H,5-6H2,1-2H3/t16-/m0/s1. The Balaban J connectivity index is 2.79. The Morgan fingerprint density at radius 2 is 2.25 bits per heavy atom. The van der Waals surface area contributed by atoms with Gasteiger partial charge < -0.3 is 9.29 Å². The molecule has 1 aromatic carbocycles. The van der Waals surface area contributed by atoms with E-state index in [1.54, 1.807) is 12.1 Å². The van der Waals surface area contributed by atoms with Gasteiger partial charge in [-0.05, 0) is 30.2 Å². The Labute approximate surface area is 102 Å². The monoisotopic (exact) mass is 260 g/mol. The SMILES string of the molecule is COC(=O)c1ccc(CC[S@+]([O-])Cl)c(C)c1. The van der Waals surface area contributed by atoms with Crippen LogP contribution in [0.15, 0.2) is 18.2 Å². The van der Waals surface area contributed by atoms with Gasteiger partial charge in [0.15, 0.2) is 10.7 Å². The minimum absolute atomic E-state index is 0.351. The van der Waals surface area contributed by atoms with E-state index in [1.165, 1.54) is 7.11 Å². The molecule has 0 spiro atoms. The topological polar surface area (TPSA) is 49.4 Å².